The minimum atomic E-state index is -0.00961. The molecular formula is C20H23N3O4S. The van der Waals surface area contributed by atoms with Crippen LogP contribution in [0.3, 0.4) is 0 Å². The first-order chi connectivity index (χ1) is 13.8. The maximum Gasteiger partial charge on any atom is 0.230 e. The van der Waals surface area contributed by atoms with Gasteiger partial charge in [0, 0.05) is 30.7 Å². The Labute approximate surface area is 168 Å². The zero-order chi connectivity index (χ0) is 19.2. The van der Waals surface area contributed by atoms with E-state index in [1.165, 1.54) is 11.8 Å². The molecule has 0 unspecified atom stereocenters. The highest BCUT2D eigenvalue weighted by atomic mass is 32.2. The molecule has 0 aliphatic carbocycles. The lowest BCUT2D eigenvalue weighted by atomic mass is 10.2. The molecule has 0 saturated carbocycles. The van der Waals surface area contributed by atoms with E-state index in [2.05, 4.69) is 15.2 Å². The molecule has 1 fully saturated rings. The second kappa shape index (κ2) is 9.16. The number of nitrogens with one attached hydrogen (secondary N) is 1. The first-order valence-electron chi connectivity index (χ1n) is 9.35. The van der Waals surface area contributed by atoms with Gasteiger partial charge in [-0.1, -0.05) is 0 Å². The van der Waals surface area contributed by atoms with Gasteiger partial charge in [-0.25, -0.2) is 4.98 Å². The van der Waals surface area contributed by atoms with Gasteiger partial charge in [0.15, 0.2) is 11.5 Å². The number of fused-ring (bicyclic) bond motifs is 1. The van der Waals surface area contributed by atoms with E-state index in [9.17, 15) is 4.79 Å². The molecule has 2 aliphatic rings. The van der Waals surface area contributed by atoms with E-state index >= 15 is 0 Å². The fourth-order valence-corrected chi connectivity index (χ4v) is 3.80. The predicted molar refractivity (Wildman–Crippen MR) is 107 cm³/mol. The third-order valence-electron chi connectivity index (χ3n) is 4.52. The van der Waals surface area contributed by atoms with Gasteiger partial charge in [0.1, 0.15) is 19.0 Å². The molecular weight excluding hydrogens is 378 g/mol. The predicted octanol–water partition coefficient (Wildman–Crippen LogP) is 2.10. The first-order valence-corrected chi connectivity index (χ1v) is 10.3. The van der Waals surface area contributed by atoms with Crippen LogP contribution in [0.2, 0.25) is 0 Å². The van der Waals surface area contributed by atoms with Gasteiger partial charge in [0.2, 0.25) is 5.91 Å². The summed E-state index contributed by atoms with van der Waals surface area (Å²) in [6.07, 6.45) is 1.79. The highest BCUT2D eigenvalue weighted by Crippen LogP contribution is 2.34. The summed E-state index contributed by atoms with van der Waals surface area (Å²) in [5.41, 5.74) is 1.04. The minimum absolute atomic E-state index is 0.00961. The molecule has 0 bridgehead atoms. The Morgan fingerprint density at radius 2 is 1.89 bits per heavy atom. The Hall–Kier alpha value is -2.45. The first kappa shape index (κ1) is 18.9. The van der Waals surface area contributed by atoms with Gasteiger partial charge >= 0.3 is 0 Å². The van der Waals surface area contributed by atoms with Gasteiger partial charge in [-0.2, -0.15) is 0 Å². The normalized spacial score (nSPS) is 15.9. The average Bonchev–Trinajstić information content (AvgIpc) is 2.77. The van der Waals surface area contributed by atoms with E-state index in [0.717, 1.165) is 54.1 Å². The lowest BCUT2D eigenvalue weighted by Crippen LogP contribution is -2.36. The van der Waals surface area contributed by atoms with Crippen LogP contribution in [0.15, 0.2) is 41.4 Å². The van der Waals surface area contributed by atoms with Crippen molar-refractivity contribution < 1.29 is 19.0 Å². The summed E-state index contributed by atoms with van der Waals surface area (Å²) >= 11 is 1.48. The largest absolute Gasteiger partial charge is 0.486 e. The van der Waals surface area contributed by atoms with Crippen molar-refractivity contribution >= 4 is 23.5 Å². The van der Waals surface area contributed by atoms with Crippen molar-refractivity contribution in [2.75, 3.05) is 50.2 Å². The number of hydrogen-bond donors (Lipinski definition) is 1. The van der Waals surface area contributed by atoms with Crippen LogP contribution in [-0.2, 0) is 16.1 Å². The van der Waals surface area contributed by atoms with Crippen molar-refractivity contribution in [1.29, 1.82) is 0 Å². The van der Waals surface area contributed by atoms with Crippen LogP contribution in [0.4, 0.5) is 5.82 Å². The van der Waals surface area contributed by atoms with E-state index < -0.39 is 0 Å². The number of ether oxygens (including phenoxy) is 3. The zero-order valence-electron chi connectivity index (χ0n) is 15.6. The molecule has 2 aromatic rings. The Bertz CT molecular complexity index is 827. The number of carbonyl (C=O) groups excluding carboxylic acids is 1. The third-order valence-corrected chi connectivity index (χ3v) is 5.51. The van der Waals surface area contributed by atoms with Crippen LogP contribution in [0.25, 0.3) is 0 Å². The summed E-state index contributed by atoms with van der Waals surface area (Å²) in [4.78, 5) is 19.9. The zero-order valence-corrected chi connectivity index (χ0v) is 16.4. The number of thioether (sulfide) groups is 1. The molecule has 1 N–H and O–H groups in total. The number of aromatic nitrogens is 1. The molecule has 2 aliphatic heterocycles. The fraction of sp³-hybridized carbons (Fsp3) is 0.400. The highest BCUT2D eigenvalue weighted by molar-refractivity contribution is 8.00. The molecule has 8 heteroatoms. The van der Waals surface area contributed by atoms with E-state index in [-0.39, 0.29) is 5.91 Å². The molecule has 4 rings (SSSR count). The number of amides is 1. The molecule has 1 aromatic heterocycles. The summed E-state index contributed by atoms with van der Waals surface area (Å²) < 4.78 is 16.5. The Morgan fingerprint density at radius 3 is 2.75 bits per heavy atom. The summed E-state index contributed by atoms with van der Waals surface area (Å²) in [6.45, 7) is 4.74. The van der Waals surface area contributed by atoms with Gasteiger partial charge < -0.3 is 24.4 Å². The second-order valence-electron chi connectivity index (χ2n) is 6.49. The van der Waals surface area contributed by atoms with Gasteiger partial charge in [0.05, 0.1) is 19.0 Å². The molecule has 0 radical (unpaired) electrons. The molecule has 0 atom stereocenters. The van der Waals surface area contributed by atoms with Gasteiger partial charge in [-0.15, -0.1) is 11.8 Å². The Balaban J connectivity index is 1.26. The third kappa shape index (κ3) is 4.88. The van der Waals surface area contributed by atoms with Crippen LogP contribution in [0.1, 0.15) is 5.56 Å². The van der Waals surface area contributed by atoms with Gasteiger partial charge in [-0.3, -0.25) is 4.79 Å². The van der Waals surface area contributed by atoms with Crippen LogP contribution < -0.4 is 19.7 Å². The van der Waals surface area contributed by atoms with Crippen molar-refractivity contribution in [3.63, 3.8) is 0 Å². The number of benzene rings is 1. The molecule has 3 heterocycles. The van der Waals surface area contributed by atoms with E-state index in [1.54, 1.807) is 6.20 Å². The van der Waals surface area contributed by atoms with Gasteiger partial charge in [-0.05, 0) is 35.9 Å². The topological polar surface area (TPSA) is 72.9 Å². The molecule has 1 aromatic carbocycles. The van der Waals surface area contributed by atoms with Crippen molar-refractivity contribution in [3.8, 4) is 11.5 Å². The summed E-state index contributed by atoms with van der Waals surface area (Å²) in [5, 5.41) is 2.97. The smallest absolute Gasteiger partial charge is 0.230 e. The number of hydrogen-bond acceptors (Lipinski definition) is 7. The number of carbonyl (C=O) groups is 1. The van der Waals surface area contributed by atoms with E-state index in [0.29, 0.717) is 25.5 Å². The molecule has 1 saturated heterocycles. The van der Waals surface area contributed by atoms with Crippen LogP contribution in [-0.4, -0.2) is 56.2 Å². The molecule has 28 heavy (non-hydrogen) atoms. The van der Waals surface area contributed by atoms with Crippen LogP contribution in [0.5, 0.6) is 11.5 Å². The van der Waals surface area contributed by atoms with Gasteiger partial charge in [0.25, 0.3) is 0 Å². The quantitative estimate of drug-likeness (QED) is 0.743. The van der Waals surface area contributed by atoms with Crippen molar-refractivity contribution in [2.24, 2.45) is 0 Å². The summed E-state index contributed by atoms with van der Waals surface area (Å²) in [5.74, 6) is 2.77. The lowest BCUT2D eigenvalue weighted by molar-refractivity contribution is -0.118. The van der Waals surface area contributed by atoms with Crippen molar-refractivity contribution in [2.45, 2.75) is 11.4 Å². The maximum atomic E-state index is 12.2. The maximum absolute atomic E-state index is 12.2. The number of morpholine rings is 1. The summed E-state index contributed by atoms with van der Waals surface area (Å²) in [7, 11) is 0. The van der Waals surface area contributed by atoms with E-state index in [4.69, 9.17) is 14.2 Å². The SMILES string of the molecule is O=C(CSc1ccc2c(c1)OCCO2)NCc1ccnc(N2CCOCC2)c1. The minimum Gasteiger partial charge on any atom is -0.486 e. The molecule has 7 nitrogen and oxygen atoms in total. The number of pyridine rings is 1. The highest BCUT2D eigenvalue weighted by Gasteiger charge is 2.14. The fourth-order valence-electron chi connectivity index (χ4n) is 3.05. The van der Waals surface area contributed by atoms with E-state index in [1.807, 2.05) is 30.3 Å². The summed E-state index contributed by atoms with van der Waals surface area (Å²) in [6, 6.07) is 9.71. The Morgan fingerprint density at radius 1 is 1.07 bits per heavy atom. The molecule has 1 amide bonds. The second-order valence-corrected chi connectivity index (χ2v) is 7.54. The van der Waals surface area contributed by atoms with Crippen LogP contribution in [0, 0.1) is 0 Å². The average molecular weight is 401 g/mol. The standard InChI is InChI=1S/C20H23N3O4S/c24-20(14-28-16-1-2-17-18(12-16)27-10-9-26-17)22-13-15-3-4-21-19(11-15)23-5-7-25-8-6-23/h1-4,11-12H,5-10,13-14H2,(H,22,24). The number of rotatable bonds is 6. The van der Waals surface area contributed by atoms with Crippen molar-refractivity contribution in [3.05, 3.63) is 42.1 Å². The van der Waals surface area contributed by atoms with Crippen molar-refractivity contribution in [1.82, 2.24) is 10.3 Å². The molecule has 0 spiro atoms. The van der Waals surface area contributed by atoms with Crippen LogP contribution >= 0.6 is 11.8 Å². The lowest BCUT2D eigenvalue weighted by Gasteiger charge is -2.28. The number of anilines is 1. The number of nitrogens with zero attached hydrogens (tertiary/aromatic N) is 2. The Kier molecular flexibility index (Phi) is 6.18. The molecule has 148 valence electrons. The monoisotopic (exact) mass is 401 g/mol.